The molecule has 2 rings (SSSR count). The smallest absolute Gasteiger partial charge is 0.252 e. The number of nitrogens with zero attached hydrogens (tertiary/aromatic N) is 5. The van der Waals surface area contributed by atoms with E-state index in [1.165, 1.54) is 35.3 Å². The van der Waals surface area contributed by atoms with Crippen LogP contribution in [0.2, 0.25) is 0 Å². The number of thiophene rings is 1. The van der Waals surface area contributed by atoms with Gasteiger partial charge < -0.3 is 10.2 Å². The van der Waals surface area contributed by atoms with Crippen LogP contribution in [0.25, 0.3) is 0 Å². The summed E-state index contributed by atoms with van der Waals surface area (Å²) in [6.07, 6.45) is 2.04. The molecule has 0 aliphatic carbocycles. The van der Waals surface area contributed by atoms with Gasteiger partial charge in [-0.15, -0.1) is 11.3 Å². The number of aliphatic imine (C=N–C) groups is 1. The van der Waals surface area contributed by atoms with E-state index in [0.29, 0.717) is 23.2 Å². The van der Waals surface area contributed by atoms with E-state index < -0.39 is 10.0 Å². The van der Waals surface area contributed by atoms with E-state index in [1.807, 2.05) is 35.9 Å². The molecule has 0 spiro atoms. The van der Waals surface area contributed by atoms with Crippen LogP contribution in [-0.4, -0.2) is 61.6 Å². The number of guanidine groups is 1. The van der Waals surface area contributed by atoms with Gasteiger partial charge in [-0.05, 0) is 18.1 Å². The molecule has 8 nitrogen and oxygen atoms in total. The first kappa shape index (κ1) is 22.4. The fraction of sp³-hybridized carbons (Fsp3) is 0.556. The third-order valence-electron chi connectivity index (χ3n) is 4.26. The topological polar surface area (TPSA) is 82.8 Å². The molecule has 2 aromatic rings. The zero-order chi connectivity index (χ0) is 21.1. The van der Waals surface area contributed by atoms with Gasteiger partial charge in [-0.3, -0.25) is 9.67 Å². The summed E-state index contributed by atoms with van der Waals surface area (Å²) in [6.45, 7) is 5.46. The first-order valence-electron chi connectivity index (χ1n) is 9.01. The van der Waals surface area contributed by atoms with Gasteiger partial charge in [-0.1, -0.05) is 13.8 Å². The van der Waals surface area contributed by atoms with Crippen LogP contribution in [0.3, 0.4) is 0 Å². The normalized spacial score (nSPS) is 12.8. The van der Waals surface area contributed by atoms with Crippen LogP contribution in [-0.2, 0) is 30.2 Å². The van der Waals surface area contributed by atoms with Crippen LogP contribution in [0.1, 0.15) is 35.9 Å². The highest BCUT2D eigenvalue weighted by molar-refractivity contribution is 7.91. The number of hydrogen-bond acceptors (Lipinski definition) is 5. The van der Waals surface area contributed by atoms with Gasteiger partial charge in [0.1, 0.15) is 4.21 Å². The summed E-state index contributed by atoms with van der Waals surface area (Å²) in [5.74, 6) is 1.09. The molecule has 0 fully saturated rings. The molecule has 0 radical (unpaired) electrons. The maximum absolute atomic E-state index is 12.2. The van der Waals surface area contributed by atoms with E-state index in [2.05, 4.69) is 29.3 Å². The Morgan fingerprint density at radius 2 is 2.00 bits per heavy atom. The number of sulfonamides is 1. The van der Waals surface area contributed by atoms with Crippen LogP contribution < -0.4 is 5.32 Å². The number of aryl methyl sites for hydroxylation is 1. The highest BCUT2D eigenvalue weighted by Gasteiger charge is 2.20. The summed E-state index contributed by atoms with van der Waals surface area (Å²) < 4.78 is 27.8. The molecule has 0 aliphatic rings. The average Bonchev–Trinajstić information content (AvgIpc) is 3.22. The second-order valence-corrected chi connectivity index (χ2v) is 10.7. The van der Waals surface area contributed by atoms with Crippen LogP contribution >= 0.6 is 11.3 Å². The molecule has 0 unspecified atom stereocenters. The van der Waals surface area contributed by atoms with Crippen molar-refractivity contribution in [2.45, 2.75) is 37.1 Å². The molecule has 156 valence electrons. The van der Waals surface area contributed by atoms with Gasteiger partial charge in [0.25, 0.3) is 10.0 Å². The Labute approximate surface area is 171 Å². The van der Waals surface area contributed by atoms with Crippen LogP contribution in [0.4, 0.5) is 0 Å². The van der Waals surface area contributed by atoms with E-state index in [-0.39, 0.29) is 0 Å². The Morgan fingerprint density at radius 1 is 1.32 bits per heavy atom. The van der Waals surface area contributed by atoms with Crippen LogP contribution in [0, 0.1) is 0 Å². The van der Waals surface area contributed by atoms with Gasteiger partial charge >= 0.3 is 0 Å². The lowest BCUT2D eigenvalue weighted by atomic mass is 10.1. The Kier molecular flexibility index (Phi) is 7.24. The van der Waals surface area contributed by atoms with Crippen molar-refractivity contribution >= 4 is 27.3 Å². The van der Waals surface area contributed by atoms with Gasteiger partial charge in [0.2, 0.25) is 0 Å². The molecule has 0 amide bonds. The monoisotopic (exact) mass is 426 g/mol. The van der Waals surface area contributed by atoms with Crippen molar-refractivity contribution in [1.29, 1.82) is 0 Å². The Morgan fingerprint density at radius 3 is 2.57 bits per heavy atom. The predicted molar refractivity (Wildman–Crippen MR) is 114 cm³/mol. The van der Waals surface area contributed by atoms with E-state index in [0.717, 1.165) is 16.5 Å². The van der Waals surface area contributed by atoms with Crippen molar-refractivity contribution in [3.8, 4) is 0 Å². The quantitative estimate of drug-likeness (QED) is 0.541. The predicted octanol–water partition coefficient (Wildman–Crippen LogP) is 2.06. The summed E-state index contributed by atoms with van der Waals surface area (Å²) in [5.41, 5.74) is 2.25. The lowest BCUT2D eigenvalue weighted by molar-refractivity contribution is 0.473. The molecule has 1 N–H and O–H groups in total. The highest BCUT2D eigenvalue weighted by atomic mass is 32.2. The molecule has 0 atom stereocenters. The van der Waals surface area contributed by atoms with Crippen LogP contribution in [0.5, 0.6) is 0 Å². The molecular weight excluding hydrogens is 396 g/mol. The zero-order valence-electron chi connectivity index (χ0n) is 17.6. The van der Waals surface area contributed by atoms with Gasteiger partial charge in [0.15, 0.2) is 5.96 Å². The van der Waals surface area contributed by atoms with Gasteiger partial charge in [-0.25, -0.2) is 12.7 Å². The number of hydrogen-bond donors (Lipinski definition) is 1. The molecule has 0 saturated heterocycles. The summed E-state index contributed by atoms with van der Waals surface area (Å²) in [7, 11) is 5.32. The molecule has 2 aromatic heterocycles. The minimum absolute atomic E-state index is 0.342. The van der Waals surface area contributed by atoms with E-state index in [1.54, 1.807) is 13.1 Å². The fourth-order valence-electron chi connectivity index (χ4n) is 2.82. The molecule has 0 aliphatic heterocycles. The van der Waals surface area contributed by atoms with E-state index in [4.69, 9.17) is 0 Å². The number of aromatic nitrogens is 2. The van der Waals surface area contributed by atoms with Crippen molar-refractivity contribution in [3.05, 3.63) is 34.5 Å². The summed E-state index contributed by atoms with van der Waals surface area (Å²) in [6, 6.07) is 3.48. The maximum atomic E-state index is 12.2. The minimum Gasteiger partial charge on any atom is -0.351 e. The largest absolute Gasteiger partial charge is 0.351 e. The first-order valence-corrected chi connectivity index (χ1v) is 11.3. The average molecular weight is 427 g/mol. The molecule has 0 bridgehead atoms. The summed E-state index contributed by atoms with van der Waals surface area (Å²) in [4.78, 5) is 7.31. The third kappa shape index (κ3) is 5.12. The summed E-state index contributed by atoms with van der Waals surface area (Å²) in [5, 5.41) is 7.86. The Hall–Kier alpha value is -1.91. The molecule has 0 saturated carbocycles. The lowest BCUT2D eigenvalue weighted by Gasteiger charge is -2.22. The molecule has 10 heteroatoms. The number of nitrogens with one attached hydrogen (secondary N) is 1. The van der Waals surface area contributed by atoms with E-state index >= 15 is 0 Å². The molecule has 0 aromatic carbocycles. The summed E-state index contributed by atoms with van der Waals surface area (Å²) >= 11 is 1.27. The van der Waals surface area contributed by atoms with Crippen molar-refractivity contribution in [2.24, 2.45) is 12.0 Å². The SMILES string of the molecule is CN=C(NCc1ccc(S(=O)(=O)N(C)C)s1)N(C)Cc1cn(C)nc1C(C)C. The molecule has 2 heterocycles. The third-order valence-corrected chi connectivity index (χ3v) is 7.63. The van der Waals surface area contributed by atoms with Gasteiger partial charge in [0, 0.05) is 58.4 Å². The highest BCUT2D eigenvalue weighted by Crippen LogP contribution is 2.24. The van der Waals surface area contributed by atoms with Gasteiger partial charge in [-0.2, -0.15) is 5.10 Å². The van der Waals surface area contributed by atoms with Gasteiger partial charge in [0.05, 0.1) is 12.2 Å². The number of rotatable bonds is 7. The molecule has 28 heavy (non-hydrogen) atoms. The van der Waals surface area contributed by atoms with Crippen molar-refractivity contribution in [3.63, 3.8) is 0 Å². The second kappa shape index (κ2) is 9.06. The Bertz CT molecular complexity index is 928. The minimum atomic E-state index is -3.39. The lowest BCUT2D eigenvalue weighted by Crippen LogP contribution is -2.38. The second-order valence-electron chi connectivity index (χ2n) is 7.13. The van der Waals surface area contributed by atoms with Crippen molar-refractivity contribution < 1.29 is 8.42 Å². The van der Waals surface area contributed by atoms with Crippen molar-refractivity contribution in [2.75, 3.05) is 28.2 Å². The van der Waals surface area contributed by atoms with Crippen LogP contribution in [0.15, 0.2) is 27.5 Å². The van der Waals surface area contributed by atoms with E-state index in [9.17, 15) is 8.42 Å². The first-order chi connectivity index (χ1) is 13.1. The Balaban J connectivity index is 2.04. The fourth-order valence-corrected chi connectivity index (χ4v) is 5.28. The zero-order valence-corrected chi connectivity index (χ0v) is 19.2. The van der Waals surface area contributed by atoms with Crippen molar-refractivity contribution in [1.82, 2.24) is 24.3 Å². The standard InChI is InChI=1S/C18H30N6O2S2/c1-13(2)17-14(12-24(7)21-17)11-23(6)18(19-3)20-10-15-8-9-16(27-15)28(25,26)22(4)5/h8-9,12-13H,10-11H2,1-7H3,(H,19,20). The molecular formula is C18H30N6O2S2. The maximum Gasteiger partial charge on any atom is 0.252 e.